The standard InChI is InChI=1S/C31H37F3N4O6/c1-30(2,3)44-29(42)38(16-25(39)36-10-6-31(7-11-36)8-12-37(18-31)28(40)41)24-15-21(24)22-13-20(32)14-23(33)26(22)43-17-19-5-4-9-35-27(19)34/h4-5,9,13-14,21,24H,6-8,10-12,15-18H2,1-3H3,(H,40,41)/t21-,24+/m0/s1. The van der Waals surface area contributed by atoms with Gasteiger partial charge in [0.25, 0.3) is 0 Å². The summed E-state index contributed by atoms with van der Waals surface area (Å²) in [6.07, 6.45) is 1.97. The van der Waals surface area contributed by atoms with Crippen molar-refractivity contribution in [2.24, 2.45) is 5.41 Å². The van der Waals surface area contributed by atoms with Crippen LogP contribution >= 0.6 is 0 Å². The quantitative estimate of drug-likeness (QED) is 0.427. The van der Waals surface area contributed by atoms with Crippen molar-refractivity contribution in [2.75, 3.05) is 32.7 Å². The molecule has 2 aromatic rings. The molecule has 44 heavy (non-hydrogen) atoms. The van der Waals surface area contributed by atoms with Crippen LogP contribution in [0.1, 0.15) is 63.5 Å². The molecule has 3 fully saturated rings. The van der Waals surface area contributed by atoms with E-state index in [1.165, 1.54) is 28.1 Å². The Kier molecular flexibility index (Phi) is 8.68. The first-order valence-corrected chi connectivity index (χ1v) is 14.7. The first-order chi connectivity index (χ1) is 20.7. The van der Waals surface area contributed by atoms with E-state index in [1.807, 2.05) is 0 Å². The van der Waals surface area contributed by atoms with Gasteiger partial charge in [0.05, 0.1) is 0 Å². The fourth-order valence-electron chi connectivity index (χ4n) is 6.17. The summed E-state index contributed by atoms with van der Waals surface area (Å²) in [4.78, 5) is 46.2. The summed E-state index contributed by atoms with van der Waals surface area (Å²) < 4.78 is 54.7. The van der Waals surface area contributed by atoms with Gasteiger partial charge in [-0.3, -0.25) is 9.69 Å². The number of hydrogen-bond acceptors (Lipinski definition) is 6. The van der Waals surface area contributed by atoms with Gasteiger partial charge >= 0.3 is 12.2 Å². The molecule has 0 bridgehead atoms. The van der Waals surface area contributed by atoms with E-state index >= 15 is 0 Å². The van der Waals surface area contributed by atoms with Gasteiger partial charge in [0.2, 0.25) is 11.9 Å². The predicted octanol–water partition coefficient (Wildman–Crippen LogP) is 5.16. The van der Waals surface area contributed by atoms with E-state index in [0.717, 1.165) is 12.5 Å². The van der Waals surface area contributed by atoms with Crippen molar-refractivity contribution in [1.82, 2.24) is 19.7 Å². The van der Waals surface area contributed by atoms with Crippen LogP contribution in [0.25, 0.3) is 0 Å². The minimum Gasteiger partial charge on any atom is -0.485 e. The van der Waals surface area contributed by atoms with Crippen molar-refractivity contribution in [2.45, 2.75) is 70.6 Å². The highest BCUT2D eigenvalue weighted by Crippen LogP contribution is 2.49. The third-order valence-corrected chi connectivity index (χ3v) is 8.62. The van der Waals surface area contributed by atoms with Crippen LogP contribution in [-0.4, -0.2) is 87.3 Å². The number of amides is 3. The Bertz CT molecular complexity index is 1430. The lowest BCUT2D eigenvalue weighted by atomic mass is 9.78. The molecule has 0 radical (unpaired) electrons. The third-order valence-electron chi connectivity index (χ3n) is 8.62. The SMILES string of the molecule is CC(C)(C)OC(=O)N(CC(=O)N1CCC2(CCN(C(=O)O)C2)CC1)[C@@H]1C[C@H]1c1cc(F)cc(F)c1OCc1cccnc1F. The molecule has 13 heteroatoms. The molecule has 238 valence electrons. The second kappa shape index (κ2) is 12.2. The molecule has 2 atom stereocenters. The summed E-state index contributed by atoms with van der Waals surface area (Å²) in [5.41, 5.74) is -0.752. The molecule has 0 unspecified atom stereocenters. The van der Waals surface area contributed by atoms with E-state index in [0.29, 0.717) is 51.5 Å². The number of rotatable bonds is 7. The molecule has 5 rings (SSSR count). The first kappa shape index (κ1) is 31.4. The van der Waals surface area contributed by atoms with E-state index in [-0.39, 0.29) is 41.4 Å². The largest absolute Gasteiger partial charge is 0.485 e. The normalized spacial score (nSPS) is 20.9. The van der Waals surface area contributed by atoms with Crippen molar-refractivity contribution in [3.63, 3.8) is 0 Å². The van der Waals surface area contributed by atoms with Crippen LogP contribution in [0.5, 0.6) is 5.75 Å². The van der Waals surface area contributed by atoms with Crippen LogP contribution in [0.4, 0.5) is 22.8 Å². The molecule has 1 aromatic carbocycles. The first-order valence-electron chi connectivity index (χ1n) is 14.7. The molecule has 1 saturated carbocycles. The lowest BCUT2D eigenvalue weighted by molar-refractivity contribution is -0.134. The number of carbonyl (C=O) groups is 3. The molecular weight excluding hydrogens is 581 g/mol. The second-order valence-electron chi connectivity index (χ2n) is 12.9. The maximum Gasteiger partial charge on any atom is 0.411 e. The average molecular weight is 619 g/mol. The molecule has 1 aliphatic carbocycles. The van der Waals surface area contributed by atoms with Gasteiger partial charge in [0.1, 0.15) is 24.6 Å². The second-order valence-corrected chi connectivity index (χ2v) is 12.9. The van der Waals surface area contributed by atoms with E-state index < -0.39 is 47.3 Å². The summed E-state index contributed by atoms with van der Waals surface area (Å²) >= 11 is 0. The van der Waals surface area contributed by atoms with Gasteiger partial charge in [-0.2, -0.15) is 4.39 Å². The number of benzene rings is 1. The number of pyridine rings is 1. The fraction of sp³-hybridized carbons (Fsp3) is 0.548. The molecule has 3 aliphatic rings. The minimum absolute atomic E-state index is 0.0899. The Hall–Kier alpha value is -4.03. The van der Waals surface area contributed by atoms with Crippen LogP contribution in [-0.2, 0) is 16.1 Å². The molecule has 1 spiro atoms. The van der Waals surface area contributed by atoms with E-state index in [1.54, 1.807) is 25.7 Å². The minimum atomic E-state index is -0.967. The Morgan fingerprint density at radius 2 is 1.77 bits per heavy atom. The highest BCUT2D eigenvalue weighted by molar-refractivity contribution is 5.83. The van der Waals surface area contributed by atoms with Crippen LogP contribution in [0.3, 0.4) is 0 Å². The smallest absolute Gasteiger partial charge is 0.411 e. The van der Waals surface area contributed by atoms with Crippen molar-refractivity contribution in [3.05, 3.63) is 59.2 Å². The zero-order valence-corrected chi connectivity index (χ0v) is 25.0. The zero-order chi connectivity index (χ0) is 31.8. The number of carboxylic acid groups (broad SMARTS) is 1. The molecule has 2 saturated heterocycles. The highest BCUT2D eigenvalue weighted by Gasteiger charge is 2.49. The van der Waals surface area contributed by atoms with Crippen LogP contribution in [0, 0.1) is 23.0 Å². The van der Waals surface area contributed by atoms with E-state index in [2.05, 4.69) is 4.98 Å². The molecule has 1 aromatic heterocycles. The fourth-order valence-corrected chi connectivity index (χ4v) is 6.17. The average Bonchev–Trinajstić information content (AvgIpc) is 3.63. The monoisotopic (exact) mass is 618 g/mol. The van der Waals surface area contributed by atoms with Crippen LogP contribution < -0.4 is 4.74 Å². The Morgan fingerprint density at radius 1 is 1.09 bits per heavy atom. The van der Waals surface area contributed by atoms with Crippen molar-refractivity contribution < 1.29 is 42.1 Å². The lowest BCUT2D eigenvalue weighted by Gasteiger charge is -2.39. The molecular formula is C31H37F3N4O6. The third kappa shape index (κ3) is 7.02. The number of nitrogens with zero attached hydrogens (tertiary/aromatic N) is 4. The molecule has 3 heterocycles. The van der Waals surface area contributed by atoms with Gasteiger partial charge in [-0.15, -0.1) is 0 Å². The Labute approximate surface area is 253 Å². The Morgan fingerprint density at radius 3 is 2.39 bits per heavy atom. The summed E-state index contributed by atoms with van der Waals surface area (Å²) in [6.45, 7) is 6.25. The van der Waals surface area contributed by atoms with Crippen molar-refractivity contribution in [1.29, 1.82) is 0 Å². The van der Waals surface area contributed by atoms with E-state index in [4.69, 9.17) is 9.47 Å². The van der Waals surface area contributed by atoms with Gasteiger partial charge in [0, 0.05) is 61.5 Å². The number of ether oxygens (including phenoxy) is 2. The van der Waals surface area contributed by atoms with Crippen molar-refractivity contribution >= 4 is 18.1 Å². The Balaban J connectivity index is 1.30. The number of likely N-dealkylation sites (tertiary alicyclic amines) is 2. The van der Waals surface area contributed by atoms with Gasteiger partial charge in [-0.25, -0.2) is 23.4 Å². The van der Waals surface area contributed by atoms with Crippen molar-refractivity contribution in [3.8, 4) is 5.75 Å². The van der Waals surface area contributed by atoms with Crippen LogP contribution in [0.15, 0.2) is 30.5 Å². The maximum absolute atomic E-state index is 15.0. The number of aromatic nitrogens is 1. The number of halogens is 3. The highest BCUT2D eigenvalue weighted by atomic mass is 19.1. The van der Waals surface area contributed by atoms with Gasteiger partial charge in [0.15, 0.2) is 11.6 Å². The van der Waals surface area contributed by atoms with E-state index in [9.17, 15) is 32.7 Å². The van der Waals surface area contributed by atoms with Gasteiger partial charge in [-0.05, 0) is 70.1 Å². The summed E-state index contributed by atoms with van der Waals surface area (Å²) in [7, 11) is 0. The predicted molar refractivity (Wildman–Crippen MR) is 151 cm³/mol. The maximum atomic E-state index is 15.0. The van der Waals surface area contributed by atoms with Gasteiger partial charge < -0.3 is 24.4 Å². The number of carbonyl (C=O) groups excluding carboxylic acids is 2. The summed E-state index contributed by atoms with van der Waals surface area (Å²) in [5.74, 6) is -3.68. The molecule has 1 N–H and O–H groups in total. The molecule has 2 aliphatic heterocycles. The topological polar surface area (TPSA) is 113 Å². The zero-order valence-electron chi connectivity index (χ0n) is 25.0. The molecule has 3 amide bonds. The van der Waals surface area contributed by atoms with Crippen LogP contribution in [0.2, 0.25) is 0 Å². The molecule has 10 nitrogen and oxygen atoms in total. The number of piperidine rings is 1. The summed E-state index contributed by atoms with van der Waals surface area (Å²) in [5, 5.41) is 9.35. The summed E-state index contributed by atoms with van der Waals surface area (Å²) in [6, 6.07) is 4.16. The van der Waals surface area contributed by atoms with Gasteiger partial charge in [-0.1, -0.05) is 0 Å². The lowest BCUT2D eigenvalue weighted by Crippen LogP contribution is -2.50. The number of hydrogen-bond donors (Lipinski definition) is 1.